The minimum absolute atomic E-state index is 0.678. The molecule has 0 radical (unpaired) electrons. The van der Waals surface area contributed by atoms with Gasteiger partial charge in [0.05, 0.1) is 18.3 Å². The molecule has 3 aromatic rings. The summed E-state index contributed by atoms with van der Waals surface area (Å²) in [6.45, 7) is 2.03. The van der Waals surface area contributed by atoms with Crippen molar-refractivity contribution in [1.29, 1.82) is 0 Å². The zero-order chi connectivity index (χ0) is 14.6. The number of hydrogen-bond acceptors (Lipinski definition) is 3. The van der Waals surface area contributed by atoms with E-state index in [9.17, 15) is 0 Å². The zero-order valence-electron chi connectivity index (χ0n) is 11.6. The average molecular weight is 299 g/mol. The lowest BCUT2D eigenvalue weighted by molar-refractivity contribution is -0.567. The fourth-order valence-corrected chi connectivity index (χ4v) is 3.06. The highest BCUT2D eigenvalue weighted by molar-refractivity contribution is 6.34. The Morgan fingerprint density at radius 3 is 2.86 bits per heavy atom. The van der Waals surface area contributed by atoms with Crippen molar-refractivity contribution in [2.75, 3.05) is 12.4 Å². The first-order chi connectivity index (χ1) is 10.2. The van der Waals surface area contributed by atoms with E-state index in [1.807, 2.05) is 37.4 Å². The highest BCUT2D eigenvalue weighted by atomic mass is 35.5. The van der Waals surface area contributed by atoms with E-state index in [-0.39, 0.29) is 0 Å². The molecule has 1 aliphatic rings. The highest BCUT2D eigenvalue weighted by Crippen LogP contribution is 2.39. The quantitative estimate of drug-likeness (QED) is 0.546. The average Bonchev–Trinajstić information content (AvgIpc) is 2.51. The second kappa shape index (κ2) is 4.33. The molecule has 0 amide bonds. The Labute approximate surface area is 127 Å². The molecule has 4 rings (SSSR count). The van der Waals surface area contributed by atoms with Crippen LogP contribution >= 0.6 is 11.6 Å². The van der Waals surface area contributed by atoms with Gasteiger partial charge in [-0.2, -0.15) is 4.57 Å². The van der Waals surface area contributed by atoms with Crippen LogP contribution in [0.1, 0.15) is 5.56 Å². The number of ether oxygens (including phenoxy) is 1. The Morgan fingerprint density at radius 1 is 1.19 bits per heavy atom. The molecule has 1 aromatic heterocycles. The molecule has 0 bridgehead atoms. The summed E-state index contributed by atoms with van der Waals surface area (Å²) in [6.07, 6.45) is 3.75. The van der Waals surface area contributed by atoms with Crippen molar-refractivity contribution < 1.29 is 9.30 Å². The number of fused-ring (bicyclic) bond motifs is 2. The SMILES string of the molecule is COc1ccc2c(c1C)Nc1c(Cl)ccc3ncc[n+]-2c13. The summed E-state index contributed by atoms with van der Waals surface area (Å²) < 4.78 is 7.52. The first-order valence-electron chi connectivity index (χ1n) is 6.64. The number of aromatic nitrogens is 2. The van der Waals surface area contributed by atoms with Crippen molar-refractivity contribution >= 4 is 34.0 Å². The summed E-state index contributed by atoms with van der Waals surface area (Å²) in [7, 11) is 1.68. The number of nitrogens with zero attached hydrogens (tertiary/aromatic N) is 2. The standard InChI is InChI=1S/C16H13ClN3O/c1-9-13(21-2)6-5-12-14(9)19-15-10(17)3-4-11-16(15)20(12)8-7-18-11/h3-8,19H,1-2H3/q+1. The lowest BCUT2D eigenvalue weighted by atomic mass is 10.1. The third kappa shape index (κ3) is 1.63. The molecule has 2 aromatic carbocycles. The molecule has 0 fully saturated rings. The van der Waals surface area contributed by atoms with Crippen LogP contribution in [0.25, 0.3) is 16.7 Å². The number of halogens is 1. The molecular weight excluding hydrogens is 286 g/mol. The second-order valence-electron chi connectivity index (χ2n) is 5.00. The largest absolute Gasteiger partial charge is 0.496 e. The van der Waals surface area contributed by atoms with E-state index in [2.05, 4.69) is 14.9 Å². The van der Waals surface area contributed by atoms with Crippen LogP contribution in [0.2, 0.25) is 5.02 Å². The molecule has 4 nitrogen and oxygen atoms in total. The molecule has 0 saturated carbocycles. The summed E-state index contributed by atoms with van der Waals surface area (Å²) >= 11 is 6.37. The zero-order valence-corrected chi connectivity index (χ0v) is 12.4. The van der Waals surface area contributed by atoms with Crippen molar-refractivity contribution in [2.45, 2.75) is 6.92 Å². The monoisotopic (exact) mass is 298 g/mol. The molecule has 0 spiro atoms. The lowest BCUT2D eigenvalue weighted by Gasteiger charge is -2.19. The Bertz CT molecular complexity index is 892. The van der Waals surface area contributed by atoms with Gasteiger partial charge in [0.1, 0.15) is 22.6 Å². The molecule has 0 unspecified atom stereocenters. The predicted molar refractivity (Wildman–Crippen MR) is 82.9 cm³/mol. The van der Waals surface area contributed by atoms with Crippen LogP contribution in [-0.2, 0) is 0 Å². The first kappa shape index (κ1) is 12.4. The number of methoxy groups -OCH3 is 1. The van der Waals surface area contributed by atoms with Gasteiger partial charge in [-0.3, -0.25) is 0 Å². The maximum absolute atomic E-state index is 6.37. The summed E-state index contributed by atoms with van der Waals surface area (Å²) in [5, 5.41) is 4.12. The van der Waals surface area contributed by atoms with Crippen molar-refractivity contribution in [3.05, 3.63) is 47.2 Å². The molecule has 1 aliphatic heterocycles. The van der Waals surface area contributed by atoms with Crippen molar-refractivity contribution in [3.63, 3.8) is 0 Å². The Kier molecular flexibility index (Phi) is 2.56. The van der Waals surface area contributed by atoms with Gasteiger partial charge in [-0.1, -0.05) is 11.6 Å². The number of rotatable bonds is 1. The predicted octanol–water partition coefficient (Wildman–Crippen LogP) is 3.54. The van der Waals surface area contributed by atoms with Crippen LogP contribution in [-0.4, -0.2) is 12.1 Å². The molecule has 0 atom stereocenters. The van der Waals surface area contributed by atoms with Gasteiger partial charge in [-0.05, 0) is 25.1 Å². The molecule has 0 saturated heterocycles. The second-order valence-corrected chi connectivity index (χ2v) is 5.41. The van der Waals surface area contributed by atoms with Gasteiger partial charge in [0.25, 0.3) is 5.52 Å². The maximum atomic E-state index is 6.37. The fourth-order valence-electron chi connectivity index (χ4n) is 2.86. The summed E-state index contributed by atoms with van der Waals surface area (Å²) in [4.78, 5) is 4.41. The van der Waals surface area contributed by atoms with Gasteiger partial charge >= 0.3 is 0 Å². The first-order valence-corrected chi connectivity index (χ1v) is 7.02. The van der Waals surface area contributed by atoms with E-state index in [0.717, 1.165) is 39.4 Å². The van der Waals surface area contributed by atoms with E-state index in [0.29, 0.717) is 5.02 Å². The normalized spacial score (nSPS) is 12.0. The third-order valence-electron chi connectivity index (χ3n) is 3.90. The van der Waals surface area contributed by atoms with Gasteiger partial charge in [0.15, 0.2) is 6.20 Å². The highest BCUT2D eigenvalue weighted by Gasteiger charge is 2.29. The molecule has 0 aliphatic carbocycles. The van der Waals surface area contributed by atoms with Crippen molar-refractivity contribution in [3.8, 4) is 11.4 Å². The maximum Gasteiger partial charge on any atom is 0.262 e. The van der Waals surface area contributed by atoms with Crippen LogP contribution in [0.15, 0.2) is 36.7 Å². The number of benzene rings is 2. The minimum atomic E-state index is 0.678. The smallest absolute Gasteiger partial charge is 0.262 e. The van der Waals surface area contributed by atoms with Gasteiger partial charge in [-0.25, -0.2) is 4.98 Å². The Hall–Kier alpha value is -2.33. The van der Waals surface area contributed by atoms with Gasteiger partial charge in [-0.15, -0.1) is 0 Å². The van der Waals surface area contributed by atoms with E-state index in [4.69, 9.17) is 16.3 Å². The van der Waals surface area contributed by atoms with E-state index in [1.54, 1.807) is 13.3 Å². The van der Waals surface area contributed by atoms with Crippen LogP contribution in [0.3, 0.4) is 0 Å². The van der Waals surface area contributed by atoms with E-state index in [1.165, 1.54) is 0 Å². The van der Waals surface area contributed by atoms with Crippen LogP contribution in [0.4, 0.5) is 11.4 Å². The molecule has 21 heavy (non-hydrogen) atoms. The molecule has 104 valence electrons. The van der Waals surface area contributed by atoms with Crippen LogP contribution in [0, 0.1) is 6.92 Å². The third-order valence-corrected chi connectivity index (χ3v) is 4.21. The Morgan fingerprint density at radius 2 is 2.05 bits per heavy atom. The van der Waals surface area contributed by atoms with Gasteiger partial charge < -0.3 is 10.1 Å². The molecule has 2 heterocycles. The minimum Gasteiger partial charge on any atom is -0.496 e. The van der Waals surface area contributed by atoms with Crippen molar-refractivity contribution in [1.82, 2.24) is 4.98 Å². The Balaban J connectivity index is 2.14. The van der Waals surface area contributed by atoms with E-state index >= 15 is 0 Å². The fraction of sp³-hybridized carbons (Fsp3) is 0.125. The van der Waals surface area contributed by atoms with Crippen LogP contribution < -0.4 is 14.6 Å². The number of anilines is 2. The summed E-state index contributed by atoms with van der Waals surface area (Å²) in [5.74, 6) is 0.850. The van der Waals surface area contributed by atoms with E-state index < -0.39 is 0 Å². The molecule has 1 N–H and O–H groups in total. The molecule has 5 heteroatoms. The van der Waals surface area contributed by atoms with Gasteiger partial charge in [0, 0.05) is 11.6 Å². The van der Waals surface area contributed by atoms with Gasteiger partial charge in [0.2, 0.25) is 5.69 Å². The van der Waals surface area contributed by atoms with Crippen molar-refractivity contribution in [2.24, 2.45) is 0 Å². The number of nitrogens with one attached hydrogen (secondary N) is 1. The molecular formula is C16H13ClN3O+. The topological polar surface area (TPSA) is 38.0 Å². The summed E-state index contributed by atoms with van der Waals surface area (Å²) in [6, 6.07) is 7.81. The summed E-state index contributed by atoms with van der Waals surface area (Å²) in [5.41, 5.74) is 5.90. The number of hydrogen-bond donors (Lipinski definition) is 1. The van der Waals surface area contributed by atoms with Crippen LogP contribution in [0.5, 0.6) is 5.75 Å². The lowest BCUT2D eigenvalue weighted by Crippen LogP contribution is -2.36.